The Hall–Kier alpha value is -1.54. The Morgan fingerprint density at radius 1 is 1.15 bits per heavy atom. The van der Waals surface area contributed by atoms with Crippen molar-refractivity contribution >= 4 is 67.8 Å². The number of hydrogen-bond donors (Lipinski definition) is 1. The molecule has 3 rings (SSSR count). The van der Waals surface area contributed by atoms with Crippen LogP contribution in [0.1, 0.15) is 5.56 Å². The molecule has 4 nitrogen and oxygen atoms in total. The average molecular weight is 471 g/mol. The van der Waals surface area contributed by atoms with E-state index >= 15 is 0 Å². The van der Waals surface area contributed by atoms with Crippen LogP contribution < -0.4 is 14.8 Å². The predicted octanol–water partition coefficient (Wildman–Crippen LogP) is 5.05. The van der Waals surface area contributed by atoms with Crippen LogP contribution in [0.15, 0.2) is 51.8 Å². The van der Waals surface area contributed by atoms with Gasteiger partial charge in [0.2, 0.25) is 0 Å². The third-order valence-electron chi connectivity index (χ3n) is 3.32. The first-order valence-electron chi connectivity index (χ1n) is 7.57. The molecule has 1 aliphatic rings. The van der Waals surface area contributed by atoms with Crippen molar-refractivity contribution in [2.45, 2.75) is 0 Å². The van der Waals surface area contributed by atoms with Gasteiger partial charge in [0.15, 0.2) is 0 Å². The zero-order valence-corrected chi connectivity index (χ0v) is 17.3. The molecule has 2 aromatic carbocycles. The fraction of sp³-hybridized carbons (Fsp3) is 0.111. The Labute approximate surface area is 174 Å². The van der Waals surface area contributed by atoms with Crippen LogP contribution in [0.3, 0.4) is 0 Å². The number of ether oxygens (including phenoxy) is 2. The van der Waals surface area contributed by atoms with E-state index in [4.69, 9.17) is 33.3 Å². The number of halogens is 2. The fourth-order valence-electron chi connectivity index (χ4n) is 2.17. The van der Waals surface area contributed by atoms with Gasteiger partial charge in [0.1, 0.15) is 29.0 Å². The van der Waals surface area contributed by atoms with E-state index in [1.165, 1.54) is 11.8 Å². The van der Waals surface area contributed by atoms with Gasteiger partial charge in [0.05, 0.1) is 4.91 Å². The molecule has 0 aliphatic carbocycles. The maximum atomic E-state index is 11.9. The van der Waals surface area contributed by atoms with E-state index in [1.807, 2.05) is 18.2 Å². The van der Waals surface area contributed by atoms with Crippen molar-refractivity contribution in [2.75, 3.05) is 13.2 Å². The molecule has 26 heavy (non-hydrogen) atoms. The van der Waals surface area contributed by atoms with E-state index in [2.05, 4.69) is 21.2 Å². The van der Waals surface area contributed by atoms with Gasteiger partial charge in [-0.05, 0) is 48.5 Å². The van der Waals surface area contributed by atoms with Gasteiger partial charge in [0.25, 0.3) is 5.91 Å². The highest BCUT2D eigenvalue weighted by Gasteiger charge is 2.22. The maximum Gasteiger partial charge on any atom is 0.263 e. The molecule has 0 atom stereocenters. The minimum atomic E-state index is -0.197. The lowest BCUT2D eigenvalue weighted by molar-refractivity contribution is -0.115. The van der Waals surface area contributed by atoms with Gasteiger partial charge < -0.3 is 14.8 Å². The summed E-state index contributed by atoms with van der Waals surface area (Å²) in [6.45, 7) is 0.741. The molecule has 0 unspecified atom stereocenters. The molecule has 0 radical (unpaired) electrons. The van der Waals surface area contributed by atoms with E-state index in [9.17, 15) is 4.79 Å². The first kappa shape index (κ1) is 19.2. The molecule has 0 aromatic heterocycles. The van der Waals surface area contributed by atoms with E-state index in [1.54, 1.807) is 30.3 Å². The highest BCUT2D eigenvalue weighted by molar-refractivity contribution is 9.10. The molecule has 1 N–H and O–H groups in total. The smallest absolute Gasteiger partial charge is 0.263 e. The van der Waals surface area contributed by atoms with Gasteiger partial charge in [-0.1, -0.05) is 51.5 Å². The average Bonchev–Trinajstić information content (AvgIpc) is 2.92. The summed E-state index contributed by atoms with van der Waals surface area (Å²) in [6.07, 6.45) is 1.76. The zero-order valence-electron chi connectivity index (χ0n) is 13.3. The molecule has 134 valence electrons. The number of carbonyl (C=O) groups excluding carboxylic acids is 1. The molecule has 0 bridgehead atoms. The molecular weight excluding hydrogens is 458 g/mol. The van der Waals surface area contributed by atoms with E-state index in [0.29, 0.717) is 33.2 Å². The second-order valence-electron chi connectivity index (χ2n) is 5.19. The summed E-state index contributed by atoms with van der Waals surface area (Å²) in [4.78, 5) is 12.4. The molecule has 1 aliphatic heterocycles. The van der Waals surface area contributed by atoms with Crippen molar-refractivity contribution in [3.63, 3.8) is 0 Å². The van der Waals surface area contributed by atoms with Crippen molar-refractivity contribution in [2.24, 2.45) is 0 Å². The minimum Gasteiger partial charge on any atom is -0.490 e. The maximum absolute atomic E-state index is 11.9. The summed E-state index contributed by atoms with van der Waals surface area (Å²) < 4.78 is 12.8. The normalized spacial score (nSPS) is 15.2. The highest BCUT2D eigenvalue weighted by atomic mass is 79.9. The predicted molar refractivity (Wildman–Crippen MR) is 113 cm³/mol. The number of benzene rings is 2. The van der Waals surface area contributed by atoms with Crippen molar-refractivity contribution < 1.29 is 14.3 Å². The van der Waals surface area contributed by atoms with Crippen LogP contribution in [0.4, 0.5) is 0 Å². The van der Waals surface area contributed by atoms with Crippen molar-refractivity contribution in [3.05, 3.63) is 62.4 Å². The number of thiocarbonyl (C=S) groups is 1. The fourth-order valence-corrected chi connectivity index (χ4v) is 3.71. The summed E-state index contributed by atoms with van der Waals surface area (Å²) >= 11 is 15.5. The SMILES string of the molecule is O=C1NC(=S)S/C1=C\c1cc(Br)ccc1OCCOc1ccc(Cl)cc1. The molecule has 8 heteroatoms. The molecular formula is C18H13BrClNO3S2. The van der Waals surface area contributed by atoms with Gasteiger partial charge in [-0.15, -0.1) is 0 Å². The summed E-state index contributed by atoms with van der Waals surface area (Å²) in [5.41, 5.74) is 0.785. The standard InChI is InChI=1S/C18H13BrClNO3S2/c19-12-1-6-15(11(9-12)10-16-17(22)21-18(25)26-16)24-8-7-23-14-4-2-13(20)3-5-14/h1-6,9-10H,7-8H2,(H,21,22,25)/b16-10-. The van der Waals surface area contributed by atoms with Crippen LogP contribution in [-0.4, -0.2) is 23.4 Å². The Morgan fingerprint density at radius 2 is 1.88 bits per heavy atom. The molecule has 1 saturated heterocycles. The van der Waals surface area contributed by atoms with Gasteiger partial charge in [-0.2, -0.15) is 0 Å². The third-order valence-corrected chi connectivity index (χ3v) is 5.23. The quantitative estimate of drug-likeness (QED) is 0.364. The molecule has 1 amide bonds. The minimum absolute atomic E-state index is 0.197. The van der Waals surface area contributed by atoms with E-state index in [0.717, 1.165) is 15.8 Å². The van der Waals surface area contributed by atoms with Gasteiger partial charge in [-0.3, -0.25) is 4.79 Å². The van der Waals surface area contributed by atoms with E-state index < -0.39 is 0 Å². The topological polar surface area (TPSA) is 47.6 Å². The van der Waals surface area contributed by atoms with Crippen LogP contribution in [0.5, 0.6) is 11.5 Å². The Kier molecular flexibility index (Phi) is 6.58. The monoisotopic (exact) mass is 469 g/mol. The Morgan fingerprint density at radius 3 is 2.58 bits per heavy atom. The van der Waals surface area contributed by atoms with Crippen LogP contribution in [0.2, 0.25) is 5.02 Å². The van der Waals surface area contributed by atoms with Crippen LogP contribution in [0, 0.1) is 0 Å². The molecule has 0 saturated carbocycles. The number of nitrogens with one attached hydrogen (secondary N) is 1. The highest BCUT2D eigenvalue weighted by Crippen LogP contribution is 2.31. The first-order chi connectivity index (χ1) is 12.5. The summed E-state index contributed by atoms with van der Waals surface area (Å²) in [7, 11) is 0. The number of amides is 1. The lowest BCUT2D eigenvalue weighted by Gasteiger charge is -2.11. The second kappa shape index (κ2) is 8.90. The summed E-state index contributed by atoms with van der Waals surface area (Å²) in [5.74, 6) is 1.19. The van der Waals surface area contributed by atoms with Crippen molar-refractivity contribution in [3.8, 4) is 11.5 Å². The molecule has 1 fully saturated rings. The van der Waals surface area contributed by atoms with Crippen molar-refractivity contribution in [1.82, 2.24) is 5.32 Å². The van der Waals surface area contributed by atoms with Gasteiger partial charge in [0, 0.05) is 15.1 Å². The molecule has 2 aromatic rings. The second-order valence-corrected chi connectivity index (χ2v) is 8.26. The zero-order chi connectivity index (χ0) is 18.5. The van der Waals surface area contributed by atoms with Crippen LogP contribution in [-0.2, 0) is 4.79 Å². The van der Waals surface area contributed by atoms with Crippen LogP contribution >= 0.6 is 51.5 Å². The van der Waals surface area contributed by atoms with Gasteiger partial charge >= 0.3 is 0 Å². The molecule has 0 spiro atoms. The van der Waals surface area contributed by atoms with Crippen LogP contribution in [0.25, 0.3) is 6.08 Å². The van der Waals surface area contributed by atoms with Gasteiger partial charge in [-0.25, -0.2) is 0 Å². The first-order valence-corrected chi connectivity index (χ1v) is 9.96. The molecule has 1 heterocycles. The number of carbonyl (C=O) groups is 1. The lowest BCUT2D eigenvalue weighted by atomic mass is 10.2. The number of rotatable bonds is 6. The third kappa shape index (κ3) is 5.23. The number of hydrogen-bond acceptors (Lipinski definition) is 5. The largest absolute Gasteiger partial charge is 0.490 e. The summed E-state index contributed by atoms with van der Waals surface area (Å²) in [6, 6.07) is 12.8. The van der Waals surface area contributed by atoms with E-state index in [-0.39, 0.29) is 5.91 Å². The number of thioether (sulfide) groups is 1. The summed E-state index contributed by atoms with van der Waals surface area (Å²) in [5, 5.41) is 3.26. The van der Waals surface area contributed by atoms with Crippen molar-refractivity contribution in [1.29, 1.82) is 0 Å². The Balaban J connectivity index is 1.64. The lowest BCUT2D eigenvalue weighted by Crippen LogP contribution is -2.17. The Bertz CT molecular complexity index is 871.